The fourth-order valence-corrected chi connectivity index (χ4v) is 2.54. The standard InChI is InChI=1S/C18H15ClFN3O2/c1-12-8-13(19)2-5-17(12)25-10-18(24)22-14-3-4-16(15(20)9-14)23-7-6-21-11-23/h2-9,11H,10H2,1H3,(H,22,24). The Morgan fingerprint density at radius 3 is 2.84 bits per heavy atom. The lowest BCUT2D eigenvalue weighted by molar-refractivity contribution is -0.118. The summed E-state index contributed by atoms with van der Waals surface area (Å²) < 4.78 is 21.2. The molecule has 0 unspecified atom stereocenters. The number of nitrogens with one attached hydrogen (secondary N) is 1. The van der Waals surface area contributed by atoms with Gasteiger partial charge in [-0.1, -0.05) is 11.6 Å². The molecule has 128 valence electrons. The van der Waals surface area contributed by atoms with Gasteiger partial charge in [-0.05, 0) is 48.9 Å². The number of nitrogens with zero attached hydrogens (tertiary/aromatic N) is 2. The van der Waals surface area contributed by atoms with Crippen molar-refractivity contribution in [2.45, 2.75) is 6.92 Å². The van der Waals surface area contributed by atoms with Gasteiger partial charge < -0.3 is 14.6 Å². The Labute approximate surface area is 149 Å². The lowest BCUT2D eigenvalue weighted by Crippen LogP contribution is -2.20. The maximum Gasteiger partial charge on any atom is 0.262 e. The summed E-state index contributed by atoms with van der Waals surface area (Å²) in [6, 6.07) is 9.57. The van der Waals surface area contributed by atoms with E-state index in [4.69, 9.17) is 16.3 Å². The van der Waals surface area contributed by atoms with Crippen LogP contribution in [-0.2, 0) is 4.79 Å². The van der Waals surface area contributed by atoms with Crippen LogP contribution < -0.4 is 10.1 Å². The molecule has 1 aromatic heterocycles. The molecule has 0 bridgehead atoms. The molecule has 0 aliphatic heterocycles. The zero-order chi connectivity index (χ0) is 17.8. The molecular weight excluding hydrogens is 345 g/mol. The van der Waals surface area contributed by atoms with Gasteiger partial charge >= 0.3 is 0 Å². The van der Waals surface area contributed by atoms with E-state index in [-0.39, 0.29) is 12.5 Å². The number of carbonyl (C=O) groups is 1. The third kappa shape index (κ3) is 4.16. The number of benzene rings is 2. The predicted octanol–water partition coefficient (Wildman–Crippen LogP) is 3.99. The van der Waals surface area contributed by atoms with Crippen LogP contribution in [-0.4, -0.2) is 22.1 Å². The van der Waals surface area contributed by atoms with E-state index >= 15 is 0 Å². The zero-order valence-corrected chi connectivity index (χ0v) is 14.1. The number of rotatable bonds is 5. The summed E-state index contributed by atoms with van der Waals surface area (Å²) in [6.07, 6.45) is 4.70. The van der Waals surface area contributed by atoms with Crippen LogP contribution in [0.1, 0.15) is 5.56 Å². The first kappa shape index (κ1) is 17.0. The fraction of sp³-hybridized carbons (Fsp3) is 0.111. The van der Waals surface area contributed by atoms with Crippen LogP contribution in [0.4, 0.5) is 10.1 Å². The van der Waals surface area contributed by atoms with Crippen molar-refractivity contribution in [3.63, 3.8) is 0 Å². The predicted molar refractivity (Wildman–Crippen MR) is 93.8 cm³/mol. The van der Waals surface area contributed by atoms with Crippen molar-refractivity contribution in [2.75, 3.05) is 11.9 Å². The van der Waals surface area contributed by atoms with E-state index in [0.717, 1.165) is 5.56 Å². The second-order valence-electron chi connectivity index (χ2n) is 5.38. The van der Waals surface area contributed by atoms with Gasteiger partial charge in [-0.25, -0.2) is 9.37 Å². The average molecular weight is 360 g/mol. The molecule has 0 radical (unpaired) electrons. The summed E-state index contributed by atoms with van der Waals surface area (Å²) in [5.74, 6) is -0.282. The van der Waals surface area contributed by atoms with E-state index < -0.39 is 5.82 Å². The number of amides is 1. The molecule has 0 spiro atoms. The molecule has 1 heterocycles. The molecule has 25 heavy (non-hydrogen) atoms. The first-order valence-corrected chi connectivity index (χ1v) is 7.87. The van der Waals surface area contributed by atoms with Crippen LogP contribution in [0.15, 0.2) is 55.1 Å². The van der Waals surface area contributed by atoms with E-state index in [9.17, 15) is 9.18 Å². The largest absolute Gasteiger partial charge is 0.483 e. The third-order valence-electron chi connectivity index (χ3n) is 3.51. The highest BCUT2D eigenvalue weighted by Gasteiger charge is 2.09. The van der Waals surface area contributed by atoms with Gasteiger partial charge in [0.1, 0.15) is 11.6 Å². The van der Waals surface area contributed by atoms with Gasteiger partial charge in [0, 0.05) is 23.1 Å². The Morgan fingerprint density at radius 1 is 1.32 bits per heavy atom. The van der Waals surface area contributed by atoms with E-state index in [1.165, 1.54) is 12.4 Å². The number of halogens is 2. The topological polar surface area (TPSA) is 56.1 Å². The highest BCUT2D eigenvalue weighted by Crippen LogP contribution is 2.22. The van der Waals surface area contributed by atoms with E-state index in [0.29, 0.717) is 22.1 Å². The van der Waals surface area contributed by atoms with Crippen molar-refractivity contribution < 1.29 is 13.9 Å². The minimum atomic E-state index is -0.467. The first-order chi connectivity index (χ1) is 12.0. The quantitative estimate of drug-likeness (QED) is 0.749. The highest BCUT2D eigenvalue weighted by molar-refractivity contribution is 6.30. The summed E-state index contributed by atoms with van der Waals surface area (Å²) in [5, 5.41) is 3.20. The molecule has 7 heteroatoms. The van der Waals surface area contributed by atoms with E-state index in [1.54, 1.807) is 47.3 Å². The number of aryl methyl sites for hydroxylation is 1. The van der Waals surface area contributed by atoms with Gasteiger partial charge in [-0.2, -0.15) is 0 Å². The Bertz CT molecular complexity index is 897. The molecule has 1 amide bonds. The molecule has 0 aliphatic carbocycles. The minimum absolute atomic E-state index is 0.187. The molecule has 3 aromatic rings. The number of aromatic nitrogens is 2. The number of carbonyl (C=O) groups excluding carboxylic acids is 1. The molecule has 2 aromatic carbocycles. The Balaban J connectivity index is 1.62. The molecule has 1 N–H and O–H groups in total. The van der Waals surface area contributed by atoms with Gasteiger partial charge in [0.15, 0.2) is 6.61 Å². The van der Waals surface area contributed by atoms with Crippen LogP contribution in [0, 0.1) is 12.7 Å². The second-order valence-corrected chi connectivity index (χ2v) is 5.82. The second kappa shape index (κ2) is 7.36. The van der Waals surface area contributed by atoms with Crippen LogP contribution >= 0.6 is 11.6 Å². The number of imidazole rings is 1. The average Bonchev–Trinajstić information content (AvgIpc) is 3.08. The SMILES string of the molecule is Cc1cc(Cl)ccc1OCC(=O)Nc1ccc(-n2ccnc2)c(F)c1. The monoisotopic (exact) mass is 359 g/mol. The normalized spacial score (nSPS) is 10.5. The summed E-state index contributed by atoms with van der Waals surface area (Å²) in [5.41, 5.74) is 1.53. The van der Waals surface area contributed by atoms with Crippen LogP contribution in [0.5, 0.6) is 5.75 Å². The minimum Gasteiger partial charge on any atom is -0.483 e. The fourth-order valence-electron chi connectivity index (χ4n) is 2.31. The Morgan fingerprint density at radius 2 is 2.16 bits per heavy atom. The zero-order valence-electron chi connectivity index (χ0n) is 13.4. The molecule has 0 aliphatic rings. The molecule has 0 saturated carbocycles. The highest BCUT2D eigenvalue weighted by atomic mass is 35.5. The maximum atomic E-state index is 14.2. The van der Waals surface area contributed by atoms with Gasteiger partial charge in [0.2, 0.25) is 0 Å². The first-order valence-electron chi connectivity index (χ1n) is 7.49. The summed E-state index contributed by atoms with van der Waals surface area (Å²) in [6.45, 7) is 1.65. The van der Waals surface area contributed by atoms with Crippen molar-refractivity contribution in [3.8, 4) is 11.4 Å². The van der Waals surface area contributed by atoms with E-state index in [2.05, 4.69) is 10.3 Å². The van der Waals surface area contributed by atoms with Crippen LogP contribution in [0.25, 0.3) is 5.69 Å². The van der Waals surface area contributed by atoms with Crippen molar-refractivity contribution in [1.29, 1.82) is 0 Å². The van der Waals surface area contributed by atoms with Gasteiger partial charge in [-0.15, -0.1) is 0 Å². The summed E-state index contributed by atoms with van der Waals surface area (Å²) >= 11 is 5.88. The van der Waals surface area contributed by atoms with Gasteiger partial charge in [0.25, 0.3) is 5.91 Å². The van der Waals surface area contributed by atoms with Crippen molar-refractivity contribution >= 4 is 23.2 Å². The molecule has 3 rings (SSSR count). The van der Waals surface area contributed by atoms with Crippen molar-refractivity contribution in [2.24, 2.45) is 0 Å². The smallest absolute Gasteiger partial charge is 0.262 e. The summed E-state index contributed by atoms with van der Waals surface area (Å²) in [7, 11) is 0. The van der Waals surface area contributed by atoms with Gasteiger partial charge in [-0.3, -0.25) is 4.79 Å². The molecule has 0 fully saturated rings. The van der Waals surface area contributed by atoms with Crippen LogP contribution in [0.3, 0.4) is 0 Å². The Hall–Kier alpha value is -2.86. The van der Waals surface area contributed by atoms with Gasteiger partial charge in [0.05, 0.1) is 12.0 Å². The number of ether oxygens (including phenoxy) is 1. The van der Waals surface area contributed by atoms with Crippen LogP contribution in [0.2, 0.25) is 5.02 Å². The number of anilines is 1. The molecule has 5 nitrogen and oxygen atoms in total. The summed E-state index contributed by atoms with van der Waals surface area (Å²) in [4.78, 5) is 15.9. The maximum absolute atomic E-state index is 14.2. The van der Waals surface area contributed by atoms with Crippen molar-refractivity contribution in [1.82, 2.24) is 9.55 Å². The molecule has 0 atom stereocenters. The molecule has 0 saturated heterocycles. The van der Waals surface area contributed by atoms with E-state index in [1.807, 2.05) is 6.92 Å². The third-order valence-corrected chi connectivity index (χ3v) is 3.74. The lowest BCUT2D eigenvalue weighted by Gasteiger charge is -2.11. The van der Waals surface area contributed by atoms with Crippen molar-refractivity contribution in [3.05, 3.63) is 71.5 Å². The molecular formula is C18H15ClFN3O2. The lowest BCUT2D eigenvalue weighted by atomic mass is 10.2. The number of hydrogen-bond donors (Lipinski definition) is 1. The Kier molecular flexibility index (Phi) is 5.00. The number of hydrogen-bond acceptors (Lipinski definition) is 3.